The fourth-order valence-electron chi connectivity index (χ4n) is 3.53. The highest BCUT2D eigenvalue weighted by Gasteiger charge is 2.30. The largest absolute Gasteiger partial charge is 0.481 e. The molecule has 1 saturated heterocycles. The number of hydrogen-bond acceptors (Lipinski definition) is 7. The highest BCUT2D eigenvalue weighted by Crippen LogP contribution is 2.26. The number of hydrogen-bond donors (Lipinski definition) is 2. The molecule has 0 saturated carbocycles. The van der Waals surface area contributed by atoms with Crippen LogP contribution >= 0.6 is 11.6 Å². The summed E-state index contributed by atoms with van der Waals surface area (Å²) in [5.41, 5.74) is 1.82. The molecular formula is C21H29ClN4O4. The van der Waals surface area contributed by atoms with Crippen LogP contribution in [0.5, 0.6) is 5.88 Å². The minimum absolute atomic E-state index is 0.327. The number of nitrogens with zero attached hydrogens (tertiary/aromatic N) is 3. The molecule has 2 aromatic heterocycles. The first-order chi connectivity index (χ1) is 14.2. The number of fused-ring (bicyclic) bond motifs is 1. The smallest absolute Gasteiger partial charge is 0.407 e. The van der Waals surface area contributed by atoms with E-state index >= 15 is 0 Å². The Morgan fingerprint density at radius 3 is 2.83 bits per heavy atom. The van der Waals surface area contributed by atoms with Gasteiger partial charge in [-0.2, -0.15) is 0 Å². The van der Waals surface area contributed by atoms with Crippen LogP contribution in [-0.2, 0) is 11.2 Å². The molecule has 2 atom stereocenters. The van der Waals surface area contributed by atoms with Gasteiger partial charge < -0.3 is 24.8 Å². The Bertz CT molecular complexity index is 902. The van der Waals surface area contributed by atoms with Crippen molar-refractivity contribution in [1.29, 1.82) is 0 Å². The standard InChI is InChI=1S/C21H29ClN4O4/c1-21(2,3)30-20(28)24-15-8-10-26(12-17(15)27)9-7-13-14(22)11-23-16-5-6-18(29-4)25-19(13)16/h5-6,11,15,17,27H,7-10,12H2,1-4H3,(H,24,28)/t15-,17-/m1/s1. The van der Waals surface area contributed by atoms with Crippen molar-refractivity contribution >= 4 is 28.7 Å². The molecule has 30 heavy (non-hydrogen) atoms. The Morgan fingerprint density at radius 1 is 1.40 bits per heavy atom. The van der Waals surface area contributed by atoms with E-state index in [1.54, 1.807) is 19.4 Å². The van der Waals surface area contributed by atoms with Crippen molar-refractivity contribution in [1.82, 2.24) is 20.2 Å². The van der Waals surface area contributed by atoms with Crippen molar-refractivity contribution in [3.8, 4) is 5.88 Å². The van der Waals surface area contributed by atoms with Crippen LogP contribution in [0.15, 0.2) is 18.3 Å². The number of amides is 1. The number of aliphatic hydroxyl groups excluding tert-OH is 1. The molecule has 8 nitrogen and oxygen atoms in total. The number of aliphatic hydroxyl groups is 1. The highest BCUT2D eigenvalue weighted by molar-refractivity contribution is 6.32. The molecule has 0 aromatic carbocycles. The van der Waals surface area contributed by atoms with Gasteiger partial charge in [-0.25, -0.2) is 9.78 Å². The van der Waals surface area contributed by atoms with Crippen molar-refractivity contribution in [2.45, 2.75) is 51.4 Å². The second kappa shape index (κ2) is 9.32. The van der Waals surface area contributed by atoms with E-state index in [0.717, 1.165) is 23.1 Å². The van der Waals surface area contributed by atoms with E-state index in [-0.39, 0.29) is 6.04 Å². The molecular weight excluding hydrogens is 408 g/mol. The van der Waals surface area contributed by atoms with E-state index in [9.17, 15) is 9.90 Å². The third-order valence-corrected chi connectivity index (χ3v) is 5.32. The average Bonchev–Trinajstić information content (AvgIpc) is 2.67. The Labute approximate surface area is 181 Å². The molecule has 1 aliphatic rings. The van der Waals surface area contributed by atoms with Crippen LogP contribution in [-0.4, -0.2) is 70.6 Å². The van der Waals surface area contributed by atoms with Gasteiger partial charge in [0.2, 0.25) is 5.88 Å². The Kier molecular flexibility index (Phi) is 7.00. The number of nitrogens with one attached hydrogen (secondary N) is 1. The highest BCUT2D eigenvalue weighted by atomic mass is 35.5. The monoisotopic (exact) mass is 436 g/mol. The van der Waals surface area contributed by atoms with E-state index in [4.69, 9.17) is 21.1 Å². The van der Waals surface area contributed by atoms with Crippen molar-refractivity contribution < 1.29 is 19.4 Å². The molecule has 0 radical (unpaired) electrons. The summed E-state index contributed by atoms with van der Waals surface area (Å²) in [7, 11) is 1.57. The van der Waals surface area contributed by atoms with Crippen LogP contribution in [0.1, 0.15) is 32.8 Å². The molecule has 1 amide bonds. The fraction of sp³-hybridized carbons (Fsp3) is 0.571. The van der Waals surface area contributed by atoms with Gasteiger partial charge in [-0.3, -0.25) is 4.98 Å². The van der Waals surface area contributed by atoms with Crippen LogP contribution in [0, 0.1) is 0 Å². The van der Waals surface area contributed by atoms with Crippen LogP contribution in [0.25, 0.3) is 11.0 Å². The normalized spacial score (nSPS) is 20.2. The molecule has 164 valence electrons. The lowest BCUT2D eigenvalue weighted by Crippen LogP contribution is -2.54. The first-order valence-corrected chi connectivity index (χ1v) is 10.4. The van der Waals surface area contributed by atoms with Gasteiger partial charge in [0.05, 0.1) is 35.3 Å². The predicted molar refractivity (Wildman–Crippen MR) is 115 cm³/mol. The minimum atomic E-state index is -0.672. The van der Waals surface area contributed by atoms with Gasteiger partial charge >= 0.3 is 6.09 Å². The van der Waals surface area contributed by atoms with Crippen molar-refractivity contribution in [2.24, 2.45) is 0 Å². The number of pyridine rings is 2. The van der Waals surface area contributed by atoms with Crippen molar-refractivity contribution in [2.75, 3.05) is 26.7 Å². The number of halogens is 1. The van der Waals surface area contributed by atoms with Gasteiger partial charge in [0.1, 0.15) is 5.60 Å². The van der Waals surface area contributed by atoms with Crippen molar-refractivity contribution in [3.05, 3.63) is 28.9 Å². The molecule has 2 N–H and O–H groups in total. The summed E-state index contributed by atoms with van der Waals surface area (Å²) in [5.74, 6) is 0.511. The second-order valence-electron chi connectivity index (χ2n) is 8.47. The van der Waals surface area contributed by atoms with E-state index in [0.29, 0.717) is 36.8 Å². The van der Waals surface area contributed by atoms with E-state index in [1.807, 2.05) is 26.8 Å². The van der Waals surface area contributed by atoms with Gasteiger partial charge in [-0.1, -0.05) is 11.6 Å². The molecule has 0 bridgehead atoms. The molecule has 3 heterocycles. The number of rotatable bonds is 5. The number of alkyl carbamates (subject to hydrolysis) is 1. The summed E-state index contributed by atoms with van der Waals surface area (Å²) >= 11 is 6.41. The molecule has 0 unspecified atom stereocenters. The molecule has 0 spiro atoms. The molecule has 2 aromatic rings. The van der Waals surface area contributed by atoms with Gasteiger partial charge in [0.25, 0.3) is 0 Å². The maximum absolute atomic E-state index is 12.0. The number of piperidine rings is 1. The fourth-order valence-corrected chi connectivity index (χ4v) is 3.76. The molecule has 3 rings (SSSR count). The first-order valence-electron chi connectivity index (χ1n) is 10.0. The molecule has 1 aliphatic heterocycles. The topological polar surface area (TPSA) is 96.8 Å². The van der Waals surface area contributed by atoms with Gasteiger partial charge in [-0.05, 0) is 39.7 Å². The maximum Gasteiger partial charge on any atom is 0.407 e. The third kappa shape index (κ3) is 5.71. The number of methoxy groups -OCH3 is 1. The Morgan fingerprint density at radius 2 is 2.17 bits per heavy atom. The van der Waals surface area contributed by atoms with Crippen molar-refractivity contribution in [3.63, 3.8) is 0 Å². The number of carbonyl (C=O) groups excluding carboxylic acids is 1. The van der Waals surface area contributed by atoms with Crippen LogP contribution < -0.4 is 10.1 Å². The number of ether oxygens (including phenoxy) is 2. The predicted octanol–water partition coefficient (Wildman–Crippen LogP) is 2.79. The van der Waals surface area contributed by atoms with Gasteiger partial charge in [-0.15, -0.1) is 0 Å². The van der Waals surface area contributed by atoms with Gasteiger partial charge in [0.15, 0.2) is 0 Å². The summed E-state index contributed by atoms with van der Waals surface area (Å²) in [5, 5.41) is 13.8. The summed E-state index contributed by atoms with van der Waals surface area (Å²) in [6.45, 7) is 7.33. The summed E-state index contributed by atoms with van der Waals surface area (Å²) in [4.78, 5) is 23.0. The maximum atomic E-state index is 12.0. The average molecular weight is 437 g/mol. The van der Waals surface area contributed by atoms with E-state index in [2.05, 4.69) is 20.2 Å². The quantitative estimate of drug-likeness (QED) is 0.743. The number of β-amino-alcohol motifs (C(OH)–C–C–N with tert-alkyl or cyclic N) is 1. The lowest BCUT2D eigenvalue weighted by molar-refractivity contribution is 0.0204. The summed E-state index contributed by atoms with van der Waals surface area (Å²) < 4.78 is 10.5. The Balaban J connectivity index is 1.60. The molecule has 1 fully saturated rings. The SMILES string of the molecule is COc1ccc2ncc(Cl)c(CCN3CC[C@@H](NC(=O)OC(C)(C)C)[C@H](O)C3)c2n1. The second-order valence-corrected chi connectivity index (χ2v) is 8.87. The lowest BCUT2D eigenvalue weighted by atomic mass is 10.0. The number of carbonyl (C=O) groups is 1. The van der Waals surface area contributed by atoms with E-state index in [1.165, 1.54) is 0 Å². The summed E-state index contributed by atoms with van der Waals surface area (Å²) in [6, 6.07) is 3.30. The van der Waals surface area contributed by atoms with Gasteiger partial charge in [0, 0.05) is 37.5 Å². The van der Waals surface area contributed by atoms with E-state index < -0.39 is 17.8 Å². The zero-order valence-corrected chi connectivity index (χ0v) is 18.6. The van der Waals surface area contributed by atoms with Crippen LogP contribution in [0.4, 0.5) is 4.79 Å². The number of aromatic nitrogens is 2. The molecule has 9 heteroatoms. The zero-order valence-electron chi connectivity index (χ0n) is 17.8. The number of likely N-dealkylation sites (tertiary alicyclic amines) is 1. The minimum Gasteiger partial charge on any atom is -0.481 e. The molecule has 0 aliphatic carbocycles. The summed E-state index contributed by atoms with van der Waals surface area (Å²) in [6.07, 6.45) is 1.76. The lowest BCUT2D eigenvalue weighted by Gasteiger charge is -2.36. The zero-order chi connectivity index (χ0) is 21.9. The van der Waals surface area contributed by atoms with Crippen LogP contribution in [0.2, 0.25) is 5.02 Å². The first kappa shape index (κ1) is 22.5. The Hall–Kier alpha value is -2.16. The third-order valence-electron chi connectivity index (χ3n) is 4.99. The van der Waals surface area contributed by atoms with Crippen LogP contribution in [0.3, 0.4) is 0 Å².